The smallest absolute Gasteiger partial charge is 0.306 e. The normalized spacial score (nSPS) is 43.9. The molecule has 7 atom stereocenters. The molecule has 33 heavy (non-hydrogen) atoms. The van der Waals surface area contributed by atoms with E-state index in [4.69, 9.17) is 4.74 Å². The highest BCUT2D eigenvalue weighted by atomic mass is 19.1. The van der Waals surface area contributed by atoms with E-state index in [1.54, 1.807) is 19.9 Å². The number of aliphatic hydroxyl groups excluding tert-OH is 1. The molecule has 0 aromatic carbocycles. The second-order valence-electron chi connectivity index (χ2n) is 10.9. The van der Waals surface area contributed by atoms with Crippen molar-refractivity contribution in [1.29, 1.82) is 0 Å². The first-order chi connectivity index (χ1) is 15.4. The van der Waals surface area contributed by atoms with Crippen molar-refractivity contribution in [3.05, 3.63) is 23.8 Å². The number of alkyl halides is 1. The number of fused-ring (bicyclic) bond motifs is 5. The number of carbonyl (C=O) groups is 3. The zero-order valence-corrected chi connectivity index (χ0v) is 19.7. The van der Waals surface area contributed by atoms with Crippen molar-refractivity contribution in [2.24, 2.45) is 22.7 Å². The van der Waals surface area contributed by atoms with Gasteiger partial charge < -0.3 is 14.9 Å². The standard InChI is InChI=1S/C26H35FO6/c1-4-5-6-22(31)33-15-21(30)25(32)12-10-18-19-8-7-16-13-17(28)9-11-23(16,2)26(19,27)20(29)14-24(18,25)3/h9,11,13,18-20,29,32H,4-8,10,12,14-15H2,1-3H3/t18-,19-,20-,23-,24-,25-,26-/m0/s1. The maximum atomic E-state index is 17.0. The maximum Gasteiger partial charge on any atom is 0.306 e. The third-order valence-electron chi connectivity index (χ3n) is 9.35. The van der Waals surface area contributed by atoms with Crippen LogP contribution < -0.4 is 0 Å². The molecule has 4 aliphatic rings. The number of rotatable bonds is 6. The number of allylic oxidation sites excluding steroid dienone is 4. The quantitative estimate of drug-likeness (QED) is 0.587. The first-order valence-corrected chi connectivity index (χ1v) is 12.2. The molecule has 0 spiro atoms. The summed E-state index contributed by atoms with van der Waals surface area (Å²) in [6.07, 6.45) is 6.22. The monoisotopic (exact) mass is 462 g/mol. The second-order valence-corrected chi connectivity index (χ2v) is 10.9. The van der Waals surface area contributed by atoms with Crippen LogP contribution in [0.5, 0.6) is 0 Å². The van der Waals surface area contributed by atoms with Crippen LogP contribution in [0.25, 0.3) is 0 Å². The molecule has 3 saturated carbocycles. The molecule has 0 aromatic rings. The number of esters is 1. The molecule has 0 unspecified atom stereocenters. The van der Waals surface area contributed by atoms with Crippen LogP contribution in [0.4, 0.5) is 4.39 Å². The molecule has 0 saturated heterocycles. The van der Waals surface area contributed by atoms with Crippen LogP contribution in [0.3, 0.4) is 0 Å². The van der Waals surface area contributed by atoms with Crippen molar-refractivity contribution in [2.45, 2.75) is 89.5 Å². The Balaban J connectivity index is 1.60. The third kappa shape index (κ3) is 3.29. The Morgan fingerprint density at radius 2 is 1.97 bits per heavy atom. The maximum absolute atomic E-state index is 17.0. The van der Waals surface area contributed by atoms with E-state index in [1.165, 1.54) is 12.2 Å². The minimum atomic E-state index is -2.00. The van der Waals surface area contributed by atoms with Crippen LogP contribution in [0.1, 0.15) is 72.1 Å². The molecule has 3 fully saturated rings. The average molecular weight is 463 g/mol. The van der Waals surface area contributed by atoms with Gasteiger partial charge in [0, 0.05) is 23.2 Å². The molecule has 182 valence electrons. The molecule has 0 aromatic heterocycles. The Labute approximate surface area is 194 Å². The van der Waals surface area contributed by atoms with Crippen LogP contribution >= 0.6 is 0 Å². The van der Waals surface area contributed by atoms with Gasteiger partial charge in [0.25, 0.3) is 0 Å². The summed E-state index contributed by atoms with van der Waals surface area (Å²) >= 11 is 0. The van der Waals surface area contributed by atoms with Gasteiger partial charge in [0.1, 0.15) is 5.60 Å². The highest BCUT2D eigenvalue weighted by Crippen LogP contribution is 2.69. The van der Waals surface area contributed by atoms with E-state index in [2.05, 4.69) is 0 Å². The zero-order chi connectivity index (χ0) is 24.2. The number of carbonyl (C=O) groups excluding carboxylic acids is 3. The van der Waals surface area contributed by atoms with Crippen molar-refractivity contribution >= 4 is 17.5 Å². The van der Waals surface area contributed by atoms with Gasteiger partial charge in [-0.1, -0.05) is 31.9 Å². The summed E-state index contributed by atoms with van der Waals surface area (Å²) in [5, 5.41) is 22.8. The summed E-state index contributed by atoms with van der Waals surface area (Å²) in [5.74, 6) is -2.12. The Bertz CT molecular complexity index is 926. The van der Waals surface area contributed by atoms with Gasteiger partial charge >= 0.3 is 5.97 Å². The Hall–Kier alpha value is -1.86. The summed E-state index contributed by atoms with van der Waals surface area (Å²) in [6, 6.07) is 0. The fourth-order valence-electron chi connectivity index (χ4n) is 7.33. The van der Waals surface area contributed by atoms with E-state index in [0.717, 1.165) is 6.42 Å². The van der Waals surface area contributed by atoms with Gasteiger partial charge in [-0.3, -0.25) is 14.4 Å². The molecule has 0 bridgehead atoms. The zero-order valence-electron chi connectivity index (χ0n) is 19.7. The topological polar surface area (TPSA) is 101 Å². The number of hydrogen-bond acceptors (Lipinski definition) is 6. The fourth-order valence-corrected chi connectivity index (χ4v) is 7.33. The highest BCUT2D eigenvalue weighted by molar-refractivity contribution is 6.01. The molecule has 0 heterocycles. The van der Waals surface area contributed by atoms with Crippen LogP contribution in [-0.4, -0.2) is 51.7 Å². The molecule has 0 radical (unpaired) electrons. The molecule has 4 aliphatic carbocycles. The number of unbranched alkanes of at least 4 members (excludes halogenated alkanes) is 1. The van der Waals surface area contributed by atoms with Crippen molar-refractivity contribution < 1.29 is 33.7 Å². The number of ketones is 2. The van der Waals surface area contributed by atoms with E-state index in [-0.39, 0.29) is 31.0 Å². The average Bonchev–Trinajstić information content (AvgIpc) is 3.03. The summed E-state index contributed by atoms with van der Waals surface area (Å²) < 4.78 is 22.1. The number of halogens is 1. The van der Waals surface area contributed by atoms with Crippen LogP contribution in [-0.2, 0) is 19.1 Å². The molecular weight excluding hydrogens is 427 g/mol. The summed E-state index contributed by atoms with van der Waals surface area (Å²) in [5.41, 5.74) is -5.24. The van der Waals surface area contributed by atoms with E-state index >= 15 is 4.39 Å². The SMILES string of the molecule is CCCCC(=O)OCC(=O)[C@@]1(O)CC[C@H]2[C@@H]3CCC4=CC(=O)C=C[C@]4(C)[C@@]3(F)[C@@H](O)C[C@@]21C. The second kappa shape index (κ2) is 8.12. The largest absolute Gasteiger partial charge is 0.458 e. The van der Waals surface area contributed by atoms with E-state index in [0.29, 0.717) is 31.3 Å². The third-order valence-corrected chi connectivity index (χ3v) is 9.35. The van der Waals surface area contributed by atoms with Gasteiger partial charge in [0.2, 0.25) is 5.78 Å². The first kappa shape index (κ1) is 24.3. The van der Waals surface area contributed by atoms with E-state index in [9.17, 15) is 24.6 Å². The lowest BCUT2D eigenvalue weighted by molar-refractivity contribution is -0.217. The number of Topliss-reactive ketones (excluding diaryl/α,β-unsaturated/α-hetero) is 1. The predicted molar refractivity (Wildman–Crippen MR) is 119 cm³/mol. The Kier molecular flexibility index (Phi) is 5.97. The van der Waals surface area contributed by atoms with E-state index < -0.39 is 52.5 Å². The Morgan fingerprint density at radius 1 is 1.24 bits per heavy atom. The van der Waals surface area contributed by atoms with Crippen LogP contribution in [0, 0.1) is 22.7 Å². The number of aliphatic hydroxyl groups is 2. The molecule has 2 N–H and O–H groups in total. The molecule has 0 amide bonds. The van der Waals surface area contributed by atoms with Gasteiger partial charge in [0.05, 0.1) is 6.10 Å². The van der Waals surface area contributed by atoms with Crippen LogP contribution in [0.15, 0.2) is 23.8 Å². The first-order valence-electron chi connectivity index (χ1n) is 12.2. The predicted octanol–water partition coefficient (Wildman–Crippen LogP) is 3.39. The lowest BCUT2D eigenvalue weighted by Gasteiger charge is -2.62. The van der Waals surface area contributed by atoms with Gasteiger partial charge in [0.15, 0.2) is 18.1 Å². The molecule has 6 nitrogen and oxygen atoms in total. The molecule has 4 rings (SSSR count). The van der Waals surface area contributed by atoms with Gasteiger partial charge in [-0.05, 0) is 63.5 Å². The van der Waals surface area contributed by atoms with Crippen molar-refractivity contribution in [1.82, 2.24) is 0 Å². The summed E-state index contributed by atoms with van der Waals surface area (Å²) in [7, 11) is 0. The minimum Gasteiger partial charge on any atom is -0.458 e. The van der Waals surface area contributed by atoms with E-state index in [1.807, 2.05) is 6.92 Å². The van der Waals surface area contributed by atoms with Crippen molar-refractivity contribution in [3.63, 3.8) is 0 Å². The lowest BCUT2D eigenvalue weighted by atomic mass is 9.44. The lowest BCUT2D eigenvalue weighted by Crippen LogP contribution is -2.69. The van der Waals surface area contributed by atoms with Gasteiger partial charge in [-0.25, -0.2) is 4.39 Å². The summed E-state index contributed by atoms with van der Waals surface area (Å²) in [6.45, 7) is 4.93. The number of ether oxygens (including phenoxy) is 1. The fraction of sp³-hybridized carbons (Fsp3) is 0.731. The van der Waals surface area contributed by atoms with Crippen molar-refractivity contribution in [2.75, 3.05) is 6.61 Å². The Morgan fingerprint density at radius 3 is 2.67 bits per heavy atom. The number of hydrogen-bond donors (Lipinski definition) is 2. The van der Waals surface area contributed by atoms with Crippen molar-refractivity contribution in [3.8, 4) is 0 Å². The van der Waals surface area contributed by atoms with Gasteiger partial charge in [-0.2, -0.15) is 0 Å². The molecule has 7 heteroatoms. The minimum absolute atomic E-state index is 0.0820. The molecule has 0 aliphatic heterocycles. The van der Waals surface area contributed by atoms with Crippen LogP contribution in [0.2, 0.25) is 0 Å². The molecular formula is C26H35FO6. The highest BCUT2D eigenvalue weighted by Gasteiger charge is 2.74. The van der Waals surface area contributed by atoms with Gasteiger partial charge in [-0.15, -0.1) is 0 Å². The summed E-state index contributed by atoms with van der Waals surface area (Å²) in [4.78, 5) is 36.9.